The molecule has 1 atom stereocenters. The maximum atomic E-state index is 6.14. The lowest BCUT2D eigenvalue weighted by Crippen LogP contribution is -2.42. The van der Waals surface area contributed by atoms with Crippen molar-refractivity contribution in [2.24, 2.45) is 5.92 Å². The SMILES string of the molecule is CC(C)NCCC=CC1CCOC2(CCSCC2)C1. The number of ether oxygens (including phenoxy) is 1. The van der Waals surface area contributed by atoms with E-state index >= 15 is 0 Å². The third-order valence-electron chi connectivity index (χ3n) is 4.21. The van der Waals surface area contributed by atoms with Gasteiger partial charge in [0.1, 0.15) is 0 Å². The van der Waals surface area contributed by atoms with Crippen LogP contribution in [-0.4, -0.2) is 36.3 Å². The van der Waals surface area contributed by atoms with Gasteiger partial charge in [-0.05, 0) is 56.1 Å². The summed E-state index contributed by atoms with van der Waals surface area (Å²) in [6, 6.07) is 0.597. The van der Waals surface area contributed by atoms with Gasteiger partial charge >= 0.3 is 0 Å². The summed E-state index contributed by atoms with van der Waals surface area (Å²) in [7, 11) is 0. The van der Waals surface area contributed by atoms with Gasteiger partial charge in [0.15, 0.2) is 0 Å². The van der Waals surface area contributed by atoms with E-state index in [0.717, 1.165) is 25.5 Å². The highest BCUT2D eigenvalue weighted by Gasteiger charge is 2.37. The molecule has 0 amide bonds. The predicted molar refractivity (Wildman–Crippen MR) is 84.9 cm³/mol. The van der Waals surface area contributed by atoms with Crippen molar-refractivity contribution in [2.75, 3.05) is 24.7 Å². The summed E-state index contributed by atoms with van der Waals surface area (Å²) in [4.78, 5) is 0. The molecule has 0 aromatic rings. The molecule has 0 aromatic carbocycles. The van der Waals surface area contributed by atoms with Gasteiger partial charge in [-0.3, -0.25) is 0 Å². The molecule has 1 unspecified atom stereocenters. The average Bonchev–Trinajstić information content (AvgIpc) is 2.39. The standard InChI is InChI=1S/C16H29NOS/c1-14(2)17-9-4-3-5-15-6-10-18-16(13-15)7-11-19-12-8-16/h3,5,14-15,17H,4,6-13H2,1-2H3. The molecule has 3 heteroatoms. The Labute approximate surface area is 122 Å². The highest BCUT2D eigenvalue weighted by Crippen LogP contribution is 2.40. The van der Waals surface area contributed by atoms with E-state index in [-0.39, 0.29) is 5.60 Å². The van der Waals surface area contributed by atoms with Gasteiger partial charge in [0.2, 0.25) is 0 Å². The molecular weight excluding hydrogens is 254 g/mol. The lowest BCUT2D eigenvalue weighted by Gasteiger charge is -2.42. The van der Waals surface area contributed by atoms with Crippen molar-refractivity contribution in [3.05, 3.63) is 12.2 Å². The second kappa shape index (κ2) is 7.70. The van der Waals surface area contributed by atoms with Crippen molar-refractivity contribution in [3.8, 4) is 0 Å². The molecule has 1 spiro atoms. The second-order valence-electron chi connectivity index (χ2n) is 6.22. The Balaban J connectivity index is 1.73. The van der Waals surface area contributed by atoms with Crippen LogP contribution in [0.5, 0.6) is 0 Å². The first-order chi connectivity index (χ1) is 9.20. The van der Waals surface area contributed by atoms with Crippen molar-refractivity contribution in [2.45, 2.75) is 57.6 Å². The summed E-state index contributed by atoms with van der Waals surface area (Å²) in [5.41, 5.74) is 0.231. The minimum atomic E-state index is 0.231. The van der Waals surface area contributed by atoms with Gasteiger partial charge < -0.3 is 10.1 Å². The van der Waals surface area contributed by atoms with Gasteiger partial charge in [-0.25, -0.2) is 0 Å². The Morgan fingerprint density at radius 3 is 2.89 bits per heavy atom. The molecule has 2 saturated heterocycles. The molecule has 0 saturated carbocycles. The van der Waals surface area contributed by atoms with E-state index in [1.807, 2.05) is 0 Å². The average molecular weight is 283 g/mol. The van der Waals surface area contributed by atoms with Crippen molar-refractivity contribution in [1.29, 1.82) is 0 Å². The molecule has 0 aromatic heterocycles. The van der Waals surface area contributed by atoms with Gasteiger partial charge in [0, 0.05) is 12.6 Å². The van der Waals surface area contributed by atoms with E-state index in [4.69, 9.17) is 4.74 Å². The third kappa shape index (κ3) is 5.13. The first-order valence-electron chi connectivity index (χ1n) is 7.82. The molecule has 0 bridgehead atoms. The number of hydrogen-bond donors (Lipinski definition) is 1. The smallest absolute Gasteiger partial charge is 0.0703 e. The Bertz CT molecular complexity index is 279. The molecule has 0 radical (unpaired) electrons. The Morgan fingerprint density at radius 1 is 1.37 bits per heavy atom. The number of hydrogen-bond acceptors (Lipinski definition) is 3. The molecule has 2 nitrogen and oxygen atoms in total. The molecule has 1 N–H and O–H groups in total. The molecule has 19 heavy (non-hydrogen) atoms. The van der Waals surface area contributed by atoms with Crippen LogP contribution in [0.1, 0.15) is 46.0 Å². The fraction of sp³-hybridized carbons (Fsp3) is 0.875. The van der Waals surface area contributed by atoms with Crippen LogP contribution in [-0.2, 0) is 4.74 Å². The highest BCUT2D eigenvalue weighted by atomic mass is 32.2. The zero-order chi connectivity index (χ0) is 13.6. The molecule has 2 fully saturated rings. The normalized spacial score (nSPS) is 27.4. The zero-order valence-corrected chi connectivity index (χ0v) is 13.3. The van der Waals surface area contributed by atoms with E-state index in [2.05, 4.69) is 43.1 Å². The van der Waals surface area contributed by atoms with Gasteiger partial charge in [0.25, 0.3) is 0 Å². The van der Waals surface area contributed by atoms with Crippen LogP contribution < -0.4 is 5.32 Å². The fourth-order valence-electron chi connectivity index (χ4n) is 3.07. The summed E-state index contributed by atoms with van der Waals surface area (Å²) < 4.78 is 6.14. The minimum Gasteiger partial charge on any atom is -0.375 e. The van der Waals surface area contributed by atoms with Crippen molar-refractivity contribution in [3.63, 3.8) is 0 Å². The van der Waals surface area contributed by atoms with E-state index in [1.165, 1.54) is 37.2 Å². The highest BCUT2D eigenvalue weighted by molar-refractivity contribution is 7.99. The van der Waals surface area contributed by atoms with Crippen LogP contribution in [0.15, 0.2) is 12.2 Å². The molecule has 2 aliphatic rings. The van der Waals surface area contributed by atoms with Crippen LogP contribution in [0.4, 0.5) is 0 Å². The van der Waals surface area contributed by atoms with Crippen LogP contribution in [0.2, 0.25) is 0 Å². The first kappa shape index (κ1) is 15.4. The van der Waals surface area contributed by atoms with Gasteiger partial charge in [-0.1, -0.05) is 26.0 Å². The van der Waals surface area contributed by atoms with Gasteiger partial charge in [0.05, 0.1) is 5.60 Å². The number of thioether (sulfide) groups is 1. The fourth-order valence-corrected chi connectivity index (χ4v) is 4.30. The molecular formula is C16H29NOS. The predicted octanol–water partition coefficient (Wildman–Crippen LogP) is 3.62. The lowest BCUT2D eigenvalue weighted by atomic mass is 9.82. The second-order valence-corrected chi connectivity index (χ2v) is 7.45. The summed E-state index contributed by atoms with van der Waals surface area (Å²) in [5.74, 6) is 3.32. The Morgan fingerprint density at radius 2 is 2.16 bits per heavy atom. The maximum absolute atomic E-state index is 6.14. The van der Waals surface area contributed by atoms with Crippen LogP contribution in [0, 0.1) is 5.92 Å². The summed E-state index contributed by atoms with van der Waals surface area (Å²) >= 11 is 2.08. The molecule has 0 aliphatic carbocycles. The molecule has 2 aliphatic heterocycles. The van der Waals surface area contributed by atoms with Crippen LogP contribution in [0.25, 0.3) is 0 Å². The third-order valence-corrected chi connectivity index (χ3v) is 5.19. The van der Waals surface area contributed by atoms with Crippen molar-refractivity contribution >= 4 is 11.8 Å². The summed E-state index contributed by atoms with van der Waals surface area (Å²) in [6.07, 6.45) is 11.0. The van der Waals surface area contributed by atoms with Gasteiger partial charge in [-0.2, -0.15) is 11.8 Å². The molecule has 110 valence electrons. The Hall–Kier alpha value is 0.01000. The van der Waals surface area contributed by atoms with Gasteiger partial charge in [-0.15, -0.1) is 0 Å². The van der Waals surface area contributed by atoms with Crippen LogP contribution in [0.3, 0.4) is 0 Å². The molecule has 2 rings (SSSR count). The summed E-state index contributed by atoms with van der Waals surface area (Å²) in [6.45, 7) is 6.46. The largest absolute Gasteiger partial charge is 0.375 e. The lowest BCUT2D eigenvalue weighted by molar-refractivity contribution is -0.0949. The van der Waals surface area contributed by atoms with E-state index in [0.29, 0.717) is 6.04 Å². The van der Waals surface area contributed by atoms with Crippen LogP contribution >= 0.6 is 11.8 Å². The molecule has 2 heterocycles. The van der Waals surface area contributed by atoms with Crippen molar-refractivity contribution in [1.82, 2.24) is 5.32 Å². The van der Waals surface area contributed by atoms with E-state index < -0.39 is 0 Å². The van der Waals surface area contributed by atoms with Crippen molar-refractivity contribution < 1.29 is 4.74 Å². The quantitative estimate of drug-likeness (QED) is 0.615. The zero-order valence-electron chi connectivity index (χ0n) is 12.5. The van der Waals surface area contributed by atoms with E-state index in [9.17, 15) is 0 Å². The topological polar surface area (TPSA) is 21.3 Å². The summed E-state index contributed by atoms with van der Waals surface area (Å²) in [5, 5.41) is 3.46. The Kier molecular flexibility index (Phi) is 6.24. The monoisotopic (exact) mass is 283 g/mol. The minimum absolute atomic E-state index is 0.231. The number of nitrogens with one attached hydrogen (secondary N) is 1. The van der Waals surface area contributed by atoms with E-state index in [1.54, 1.807) is 0 Å². The first-order valence-corrected chi connectivity index (χ1v) is 8.97. The maximum Gasteiger partial charge on any atom is 0.0703 e. The number of rotatable bonds is 5. The number of allylic oxidation sites excluding steroid dienone is 1.